The van der Waals surface area contributed by atoms with Crippen LogP contribution in [-0.4, -0.2) is 82.0 Å². The first-order chi connectivity index (χ1) is 16.9. The van der Waals surface area contributed by atoms with E-state index in [0.717, 1.165) is 50.7 Å². The van der Waals surface area contributed by atoms with E-state index >= 15 is 0 Å². The molecule has 0 amide bonds. The molecule has 0 radical (unpaired) electrons. The minimum atomic E-state index is -2.00. The summed E-state index contributed by atoms with van der Waals surface area (Å²) < 4.78 is 11.7. The number of ether oxygens (including phenoxy) is 1. The largest absolute Gasteiger partial charge is 0.495 e. The Morgan fingerprint density at radius 2 is 1.67 bits per heavy atom. The lowest BCUT2D eigenvalue weighted by Crippen LogP contribution is -2.47. The molecule has 0 spiro atoms. The number of benzene rings is 1. The highest BCUT2D eigenvalue weighted by atomic mass is 28.4. The van der Waals surface area contributed by atoms with Gasteiger partial charge in [-0.2, -0.15) is 0 Å². The van der Waals surface area contributed by atoms with Gasteiger partial charge in [-0.25, -0.2) is 9.97 Å². The van der Waals surface area contributed by atoms with Crippen LogP contribution in [0.25, 0.3) is 0 Å². The van der Waals surface area contributed by atoms with E-state index < -0.39 is 8.32 Å². The second-order valence-electron chi connectivity index (χ2n) is 11.0. The number of methoxy groups -OCH3 is 1. The molecule has 0 aliphatic carbocycles. The maximum atomic E-state index is 12.9. The van der Waals surface area contributed by atoms with Gasteiger partial charge in [0.15, 0.2) is 14.1 Å². The SMILES string of the molecule is COc1ccccc1N1CCN(CCNc2nc(C)c(C(=O)CO[Si](C)(C)C(C)(C)C)c(C)n2)CC1. The highest BCUT2D eigenvalue weighted by Gasteiger charge is 2.37. The van der Waals surface area contributed by atoms with Gasteiger partial charge in [0.2, 0.25) is 5.95 Å². The van der Waals surface area contributed by atoms with E-state index in [0.29, 0.717) is 22.9 Å². The Bertz CT molecular complexity index is 1020. The number of ketones is 1. The maximum absolute atomic E-state index is 12.9. The Balaban J connectivity index is 1.50. The molecular formula is C27H43N5O3Si. The summed E-state index contributed by atoms with van der Waals surface area (Å²) in [5.41, 5.74) is 3.12. The van der Waals surface area contributed by atoms with Crippen LogP contribution in [0, 0.1) is 13.8 Å². The Morgan fingerprint density at radius 1 is 1.06 bits per heavy atom. The van der Waals surface area contributed by atoms with Gasteiger partial charge in [-0.15, -0.1) is 0 Å². The molecule has 0 saturated carbocycles. The number of aryl methyl sites for hydroxylation is 2. The summed E-state index contributed by atoms with van der Waals surface area (Å²) in [7, 11) is -0.277. The number of nitrogens with one attached hydrogen (secondary N) is 1. The van der Waals surface area contributed by atoms with E-state index in [2.05, 4.69) is 71.1 Å². The number of piperazine rings is 1. The van der Waals surface area contributed by atoms with Gasteiger partial charge >= 0.3 is 0 Å². The molecule has 1 aliphatic rings. The number of nitrogens with zero attached hydrogens (tertiary/aromatic N) is 4. The second-order valence-corrected chi connectivity index (χ2v) is 15.8. The van der Waals surface area contributed by atoms with Crippen LogP contribution in [0.1, 0.15) is 42.5 Å². The molecule has 1 aromatic heterocycles. The lowest BCUT2D eigenvalue weighted by Gasteiger charge is -2.36. The number of carbonyl (C=O) groups is 1. The van der Waals surface area contributed by atoms with Gasteiger partial charge in [0, 0.05) is 39.3 Å². The standard InChI is InChI=1S/C27H43N5O3Si/c1-20-25(23(33)19-35-36(7,8)27(3,4)5)21(2)30-26(29-20)28-13-14-31-15-17-32(18-16-31)22-11-9-10-12-24(22)34-6/h9-12H,13-19H2,1-8H3,(H,28,29,30). The zero-order valence-electron chi connectivity index (χ0n) is 23.3. The van der Waals surface area contributed by atoms with Crippen molar-refractivity contribution in [3.63, 3.8) is 0 Å². The molecule has 0 bridgehead atoms. The van der Waals surface area contributed by atoms with E-state index in [-0.39, 0.29) is 17.4 Å². The van der Waals surface area contributed by atoms with Gasteiger partial charge in [0.05, 0.1) is 36.4 Å². The predicted octanol–water partition coefficient (Wildman–Crippen LogP) is 4.54. The molecule has 8 nitrogen and oxygen atoms in total. The Labute approximate surface area is 217 Å². The van der Waals surface area contributed by atoms with Crippen LogP contribution < -0.4 is 15.0 Å². The van der Waals surface area contributed by atoms with E-state index in [9.17, 15) is 4.79 Å². The molecule has 2 aromatic rings. The van der Waals surface area contributed by atoms with Gasteiger partial charge in [0.1, 0.15) is 5.75 Å². The number of carbonyl (C=O) groups excluding carboxylic acids is 1. The number of hydrogen-bond donors (Lipinski definition) is 1. The summed E-state index contributed by atoms with van der Waals surface area (Å²) in [5, 5.41) is 3.40. The van der Waals surface area contributed by atoms with Gasteiger partial charge in [0.25, 0.3) is 0 Å². The molecule has 1 aliphatic heterocycles. The average molecular weight is 514 g/mol. The molecule has 3 rings (SSSR count). The normalized spacial score (nSPS) is 15.2. The molecule has 1 saturated heterocycles. The van der Waals surface area contributed by atoms with Crippen molar-refractivity contribution in [1.82, 2.24) is 14.9 Å². The van der Waals surface area contributed by atoms with Crippen LogP contribution in [0.4, 0.5) is 11.6 Å². The van der Waals surface area contributed by atoms with Gasteiger partial charge < -0.3 is 19.4 Å². The number of hydrogen-bond acceptors (Lipinski definition) is 8. The topological polar surface area (TPSA) is 79.8 Å². The third kappa shape index (κ3) is 6.83. The fourth-order valence-electron chi connectivity index (χ4n) is 4.16. The predicted molar refractivity (Wildman–Crippen MR) is 149 cm³/mol. The summed E-state index contributed by atoms with van der Waals surface area (Å²) in [4.78, 5) is 26.9. The van der Waals surface area contributed by atoms with Gasteiger partial charge in [-0.1, -0.05) is 32.9 Å². The highest BCUT2D eigenvalue weighted by molar-refractivity contribution is 6.74. The minimum absolute atomic E-state index is 0.0470. The van der Waals surface area contributed by atoms with Crippen molar-refractivity contribution in [2.45, 2.75) is 52.8 Å². The molecule has 1 N–H and O–H groups in total. The quantitative estimate of drug-likeness (QED) is 0.366. The average Bonchev–Trinajstić information content (AvgIpc) is 2.82. The molecule has 36 heavy (non-hydrogen) atoms. The van der Waals surface area contributed by atoms with E-state index in [1.807, 2.05) is 26.0 Å². The van der Waals surface area contributed by atoms with Crippen molar-refractivity contribution in [3.05, 3.63) is 41.2 Å². The molecule has 198 valence electrons. The summed E-state index contributed by atoms with van der Waals surface area (Å²) in [5.74, 6) is 1.44. The van der Waals surface area contributed by atoms with Crippen molar-refractivity contribution in [3.8, 4) is 5.75 Å². The van der Waals surface area contributed by atoms with E-state index in [4.69, 9.17) is 9.16 Å². The Morgan fingerprint density at radius 3 is 2.25 bits per heavy atom. The highest BCUT2D eigenvalue weighted by Crippen LogP contribution is 2.36. The number of aromatic nitrogens is 2. The first-order valence-electron chi connectivity index (χ1n) is 12.8. The van der Waals surface area contributed by atoms with Crippen LogP contribution in [0.3, 0.4) is 0 Å². The first-order valence-corrected chi connectivity index (χ1v) is 15.7. The monoisotopic (exact) mass is 513 g/mol. The number of rotatable bonds is 10. The molecule has 1 aromatic carbocycles. The molecule has 9 heteroatoms. The van der Waals surface area contributed by atoms with Crippen molar-refractivity contribution in [2.75, 3.05) is 63.2 Å². The van der Waals surface area contributed by atoms with Gasteiger partial charge in [-0.05, 0) is 44.1 Å². The molecule has 1 fully saturated rings. The van der Waals surface area contributed by atoms with Crippen molar-refractivity contribution in [2.24, 2.45) is 0 Å². The van der Waals surface area contributed by atoms with Crippen LogP contribution in [0.5, 0.6) is 5.75 Å². The van der Waals surface area contributed by atoms with Crippen LogP contribution in [0.2, 0.25) is 18.1 Å². The van der Waals surface area contributed by atoms with Crippen molar-refractivity contribution >= 4 is 25.7 Å². The van der Waals surface area contributed by atoms with E-state index in [1.165, 1.54) is 0 Å². The fourth-order valence-corrected chi connectivity index (χ4v) is 5.09. The number of para-hydroxylation sites is 2. The molecule has 0 atom stereocenters. The summed E-state index contributed by atoms with van der Waals surface area (Å²) >= 11 is 0. The van der Waals surface area contributed by atoms with Crippen molar-refractivity contribution in [1.29, 1.82) is 0 Å². The Hall–Kier alpha value is -2.49. The Kier molecular flexibility index (Phi) is 9.13. The lowest BCUT2D eigenvalue weighted by molar-refractivity contribution is 0.0909. The molecule has 0 unspecified atom stereocenters. The number of Topliss-reactive ketones (excluding diaryl/α,β-unsaturated/α-hetero) is 1. The van der Waals surface area contributed by atoms with E-state index in [1.54, 1.807) is 7.11 Å². The zero-order chi connectivity index (χ0) is 26.5. The van der Waals surface area contributed by atoms with Crippen LogP contribution in [-0.2, 0) is 4.43 Å². The fraction of sp³-hybridized carbons (Fsp3) is 0.593. The smallest absolute Gasteiger partial charge is 0.223 e. The van der Waals surface area contributed by atoms with Crippen LogP contribution >= 0.6 is 0 Å². The first kappa shape index (κ1) is 28.1. The molecular weight excluding hydrogens is 470 g/mol. The maximum Gasteiger partial charge on any atom is 0.223 e. The minimum Gasteiger partial charge on any atom is -0.495 e. The van der Waals surface area contributed by atoms with Crippen molar-refractivity contribution < 1.29 is 14.0 Å². The van der Waals surface area contributed by atoms with Crippen LogP contribution in [0.15, 0.2) is 24.3 Å². The third-order valence-electron chi connectivity index (χ3n) is 7.43. The summed E-state index contributed by atoms with van der Waals surface area (Å²) in [6.07, 6.45) is 0. The second kappa shape index (κ2) is 11.7. The number of anilines is 2. The zero-order valence-corrected chi connectivity index (χ0v) is 24.3. The third-order valence-corrected chi connectivity index (χ3v) is 11.9. The lowest BCUT2D eigenvalue weighted by atomic mass is 10.1. The summed E-state index contributed by atoms with van der Waals surface area (Å²) in [6, 6.07) is 8.18. The molecule has 2 heterocycles. The summed E-state index contributed by atoms with van der Waals surface area (Å²) in [6.45, 7) is 20.2. The van der Waals surface area contributed by atoms with Gasteiger partial charge in [-0.3, -0.25) is 9.69 Å².